The number of methoxy groups -OCH3 is 1. The molecule has 1 amide bonds. The predicted molar refractivity (Wildman–Crippen MR) is 80.1 cm³/mol. The van der Waals surface area contributed by atoms with Crippen LogP contribution in [0.3, 0.4) is 0 Å². The van der Waals surface area contributed by atoms with Crippen molar-refractivity contribution in [1.29, 1.82) is 0 Å². The Labute approximate surface area is 125 Å². The Morgan fingerprint density at radius 1 is 1.24 bits per heavy atom. The molecule has 5 nitrogen and oxygen atoms in total. The minimum absolute atomic E-state index is 0.0911. The number of rotatable bonds is 7. The quantitative estimate of drug-likeness (QED) is 0.724. The largest absolute Gasteiger partial charge is 0.496 e. The van der Waals surface area contributed by atoms with E-state index in [2.05, 4.69) is 0 Å². The number of esters is 1. The van der Waals surface area contributed by atoms with Crippen LogP contribution in [0.15, 0.2) is 18.2 Å². The number of benzene rings is 1. The molecule has 0 spiro atoms. The SMILES string of the molecule is CCOC(=O)CCC(=O)N(C)Cc1cc(C)ccc1OC. The predicted octanol–water partition coefficient (Wildman–Crippen LogP) is 2.31. The van der Waals surface area contributed by atoms with Crippen LogP contribution >= 0.6 is 0 Å². The van der Waals surface area contributed by atoms with E-state index in [4.69, 9.17) is 9.47 Å². The molecule has 21 heavy (non-hydrogen) atoms. The Kier molecular flexibility index (Phi) is 6.72. The average Bonchev–Trinajstić information content (AvgIpc) is 2.45. The van der Waals surface area contributed by atoms with Crippen LogP contribution in [0.25, 0.3) is 0 Å². The van der Waals surface area contributed by atoms with E-state index in [1.165, 1.54) is 0 Å². The maximum Gasteiger partial charge on any atom is 0.306 e. The van der Waals surface area contributed by atoms with Crippen molar-refractivity contribution in [3.8, 4) is 5.75 Å². The number of aryl methyl sites for hydroxylation is 1. The molecule has 0 bridgehead atoms. The minimum atomic E-state index is -0.340. The van der Waals surface area contributed by atoms with Gasteiger partial charge in [-0.2, -0.15) is 0 Å². The third kappa shape index (κ3) is 5.45. The van der Waals surface area contributed by atoms with Gasteiger partial charge in [0.15, 0.2) is 0 Å². The topological polar surface area (TPSA) is 55.8 Å². The van der Waals surface area contributed by atoms with Gasteiger partial charge in [0.05, 0.1) is 20.1 Å². The highest BCUT2D eigenvalue weighted by Crippen LogP contribution is 2.21. The molecule has 0 aliphatic carbocycles. The van der Waals surface area contributed by atoms with Crippen LogP contribution in [0.2, 0.25) is 0 Å². The van der Waals surface area contributed by atoms with Gasteiger partial charge in [0.25, 0.3) is 0 Å². The van der Waals surface area contributed by atoms with Crippen molar-refractivity contribution in [3.05, 3.63) is 29.3 Å². The van der Waals surface area contributed by atoms with Crippen LogP contribution in [0.4, 0.5) is 0 Å². The van der Waals surface area contributed by atoms with Gasteiger partial charge in [-0.3, -0.25) is 9.59 Å². The molecule has 0 radical (unpaired) electrons. The Balaban J connectivity index is 2.60. The maximum atomic E-state index is 12.0. The van der Waals surface area contributed by atoms with Gasteiger partial charge in [0.1, 0.15) is 5.75 Å². The van der Waals surface area contributed by atoms with E-state index in [9.17, 15) is 9.59 Å². The number of carbonyl (C=O) groups excluding carboxylic acids is 2. The molecule has 1 aromatic rings. The number of nitrogens with zero attached hydrogens (tertiary/aromatic N) is 1. The molecule has 116 valence electrons. The van der Waals surface area contributed by atoms with Gasteiger partial charge in [-0.1, -0.05) is 17.7 Å². The molecule has 1 rings (SSSR count). The van der Waals surface area contributed by atoms with Crippen LogP contribution in [-0.2, 0) is 20.9 Å². The molecule has 0 aromatic heterocycles. The lowest BCUT2D eigenvalue weighted by atomic mass is 10.1. The highest BCUT2D eigenvalue weighted by Gasteiger charge is 2.14. The number of hydrogen-bond donors (Lipinski definition) is 0. The second-order valence-electron chi connectivity index (χ2n) is 4.87. The van der Waals surface area contributed by atoms with Crippen molar-refractivity contribution in [1.82, 2.24) is 4.90 Å². The number of hydrogen-bond acceptors (Lipinski definition) is 4. The van der Waals surface area contributed by atoms with E-state index in [1.807, 2.05) is 25.1 Å². The van der Waals surface area contributed by atoms with Gasteiger partial charge >= 0.3 is 5.97 Å². The summed E-state index contributed by atoms with van der Waals surface area (Å²) < 4.78 is 10.1. The summed E-state index contributed by atoms with van der Waals surface area (Å²) in [7, 11) is 3.33. The number of ether oxygens (including phenoxy) is 2. The average molecular weight is 293 g/mol. The van der Waals surface area contributed by atoms with E-state index in [0.29, 0.717) is 13.2 Å². The summed E-state index contributed by atoms with van der Waals surface area (Å²) in [6.45, 7) is 4.53. The lowest BCUT2D eigenvalue weighted by molar-refractivity contribution is -0.145. The second kappa shape index (κ2) is 8.29. The van der Waals surface area contributed by atoms with Crippen LogP contribution in [-0.4, -0.2) is 37.5 Å². The molecule has 0 saturated carbocycles. The van der Waals surface area contributed by atoms with Crippen LogP contribution in [0, 0.1) is 6.92 Å². The van der Waals surface area contributed by atoms with Gasteiger partial charge < -0.3 is 14.4 Å². The van der Waals surface area contributed by atoms with Gasteiger partial charge in [0, 0.05) is 25.6 Å². The molecule has 0 N–H and O–H groups in total. The summed E-state index contributed by atoms with van der Waals surface area (Å²) in [5.74, 6) is 0.324. The molecule has 5 heteroatoms. The molecular weight excluding hydrogens is 270 g/mol. The molecule has 0 saturated heterocycles. The molecular formula is C16H23NO4. The van der Waals surface area contributed by atoms with Crippen molar-refractivity contribution in [2.75, 3.05) is 20.8 Å². The molecule has 0 aliphatic rings. The Bertz CT molecular complexity index is 499. The molecule has 0 unspecified atom stereocenters. The van der Waals surface area contributed by atoms with Gasteiger partial charge in [-0.25, -0.2) is 0 Å². The highest BCUT2D eigenvalue weighted by atomic mass is 16.5. The van der Waals surface area contributed by atoms with Crippen LogP contribution in [0.5, 0.6) is 5.75 Å². The first-order valence-electron chi connectivity index (χ1n) is 7.01. The Morgan fingerprint density at radius 3 is 2.57 bits per heavy atom. The lowest BCUT2D eigenvalue weighted by Crippen LogP contribution is -2.27. The zero-order valence-electron chi connectivity index (χ0n) is 13.1. The standard InChI is InChI=1S/C16H23NO4/c1-5-21-16(19)9-8-15(18)17(3)11-13-10-12(2)6-7-14(13)20-4/h6-7,10H,5,8-9,11H2,1-4H3. The van der Waals surface area contributed by atoms with Gasteiger partial charge in [-0.15, -0.1) is 0 Å². The lowest BCUT2D eigenvalue weighted by Gasteiger charge is -2.19. The van der Waals surface area contributed by atoms with Crippen LogP contribution < -0.4 is 4.74 Å². The first-order valence-corrected chi connectivity index (χ1v) is 7.01. The highest BCUT2D eigenvalue weighted by molar-refractivity contribution is 5.81. The van der Waals surface area contributed by atoms with E-state index >= 15 is 0 Å². The fourth-order valence-corrected chi connectivity index (χ4v) is 2.01. The summed E-state index contributed by atoms with van der Waals surface area (Å²) in [5, 5.41) is 0. The normalized spacial score (nSPS) is 10.1. The molecule has 0 fully saturated rings. The van der Waals surface area contributed by atoms with Crippen molar-refractivity contribution < 1.29 is 19.1 Å². The fourth-order valence-electron chi connectivity index (χ4n) is 2.01. The summed E-state index contributed by atoms with van der Waals surface area (Å²) >= 11 is 0. The maximum absolute atomic E-state index is 12.0. The summed E-state index contributed by atoms with van der Waals surface area (Å²) in [4.78, 5) is 24.9. The van der Waals surface area contributed by atoms with E-state index in [1.54, 1.807) is 26.0 Å². The monoisotopic (exact) mass is 293 g/mol. The van der Waals surface area contributed by atoms with Gasteiger partial charge in [-0.05, 0) is 19.9 Å². The van der Waals surface area contributed by atoms with Crippen molar-refractivity contribution in [3.63, 3.8) is 0 Å². The number of amides is 1. The van der Waals surface area contributed by atoms with Gasteiger partial charge in [0.2, 0.25) is 5.91 Å². The molecule has 0 atom stereocenters. The van der Waals surface area contributed by atoms with Crippen molar-refractivity contribution in [2.24, 2.45) is 0 Å². The van der Waals surface area contributed by atoms with E-state index < -0.39 is 0 Å². The summed E-state index contributed by atoms with van der Waals surface area (Å²) in [6.07, 6.45) is 0.269. The zero-order chi connectivity index (χ0) is 15.8. The first-order chi connectivity index (χ1) is 9.97. The van der Waals surface area contributed by atoms with Crippen molar-refractivity contribution in [2.45, 2.75) is 33.2 Å². The smallest absolute Gasteiger partial charge is 0.306 e. The second-order valence-corrected chi connectivity index (χ2v) is 4.87. The molecule has 1 aromatic carbocycles. The van der Waals surface area contributed by atoms with E-state index in [0.717, 1.165) is 16.9 Å². The van der Waals surface area contributed by atoms with E-state index in [-0.39, 0.29) is 24.7 Å². The molecule has 0 aliphatic heterocycles. The Morgan fingerprint density at radius 2 is 1.95 bits per heavy atom. The molecule has 0 heterocycles. The minimum Gasteiger partial charge on any atom is -0.496 e. The Hall–Kier alpha value is -2.04. The van der Waals surface area contributed by atoms with Crippen LogP contribution in [0.1, 0.15) is 30.9 Å². The third-order valence-electron chi connectivity index (χ3n) is 3.12. The first kappa shape index (κ1) is 17.0. The summed E-state index contributed by atoms with van der Waals surface area (Å²) in [5.41, 5.74) is 2.06. The number of carbonyl (C=O) groups is 2. The third-order valence-corrected chi connectivity index (χ3v) is 3.12. The summed E-state index contributed by atoms with van der Waals surface area (Å²) in [6, 6.07) is 5.85. The zero-order valence-corrected chi connectivity index (χ0v) is 13.1. The van der Waals surface area contributed by atoms with Crippen molar-refractivity contribution >= 4 is 11.9 Å². The fraction of sp³-hybridized carbons (Fsp3) is 0.500.